The number of carbonyl (C=O) groups is 3. The highest BCUT2D eigenvalue weighted by Gasteiger charge is 2.77. The molecule has 3 heterocycles. The van der Waals surface area contributed by atoms with Crippen molar-refractivity contribution in [1.29, 1.82) is 0 Å². The molecule has 1 spiro atoms. The van der Waals surface area contributed by atoms with Gasteiger partial charge in [-0.3, -0.25) is 14.4 Å². The number of likely N-dealkylation sites (tertiary alicyclic amines) is 1. The quantitative estimate of drug-likeness (QED) is 0.247. The van der Waals surface area contributed by atoms with E-state index in [1.807, 2.05) is 30.0 Å². The first-order valence-electron chi connectivity index (χ1n) is 14.4. The average Bonchev–Trinajstić information content (AvgIpc) is 3.50. The molecule has 40 heavy (non-hydrogen) atoms. The summed E-state index contributed by atoms with van der Waals surface area (Å²) in [6, 6.07) is 6.50. The minimum atomic E-state index is -0.723. The van der Waals surface area contributed by atoms with Crippen LogP contribution in [-0.2, 0) is 14.4 Å². The highest BCUT2D eigenvalue weighted by molar-refractivity contribution is 8.02. The standard InChI is InChI=1S/C31H42ClN3O4S/c1-5-17-33(18-6-2)27(37)24-25-28(38)35(20-11-8-12-21-36)26(31(25)16-15-30(24,4)40-31)29(39)34(19-7-3)23-14-10-9-13-22(23)32/h5,7,9-10,13-14,24-26,36H,1,3,6,8,11-12,15-21H2,2,4H3/t24-,25+,26?,30+,31?/m1/s1. The Labute approximate surface area is 247 Å². The van der Waals surface area contributed by atoms with Crippen LogP contribution in [0.4, 0.5) is 5.69 Å². The van der Waals surface area contributed by atoms with Crippen molar-refractivity contribution >= 4 is 46.8 Å². The van der Waals surface area contributed by atoms with E-state index in [2.05, 4.69) is 20.1 Å². The number of anilines is 1. The molecule has 2 unspecified atom stereocenters. The van der Waals surface area contributed by atoms with Crippen molar-refractivity contribution in [3.05, 3.63) is 54.6 Å². The first kappa shape index (κ1) is 30.7. The number of hydrogen-bond donors (Lipinski definition) is 1. The zero-order valence-electron chi connectivity index (χ0n) is 23.7. The van der Waals surface area contributed by atoms with Crippen LogP contribution in [0.1, 0.15) is 52.4 Å². The van der Waals surface area contributed by atoms with Gasteiger partial charge in [0.05, 0.1) is 27.3 Å². The van der Waals surface area contributed by atoms with Crippen molar-refractivity contribution in [2.75, 3.05) is 37.7 Å². The number of aliphatic hydroxyl groups excluding tert-OH is 1. The summed E-state index contributed by atoms with van der Waals surface area (Å²) < 4.78 is -1.13. The zero-order chi connectivity index (χ0) is 29.1. The second kappa shape index (κ2) is 12.7. The third-order valence-corrected chi connectivity index (χ3v) is 11.0. The van der Waals surface area contributed by atoms with Crippen LogP contribution in [0.3, 0.4) is 0 Å². The minimum Gasteiger partial charge on any atom is -0.396 e. The molecular formula is C31H42ClN3O4S. The van der Waals surface area contributed by atoms with Gasteiger partial charge in [0.1, 0.15) is 6.04 Å². The van der Waals surface area contributed by atoms with Gasteiger partial charge in [0, 0.05) is 37.5 Å². The van der Waals surface area contributed by atoms with Crippen molar-refractivity contribution in [3.63, 3.8) is 0 Å². The van der Waals surface area contributed by atoms with Gasteiger partial charge in [0.25, 0.3) is 5.91 Å². The topological polar surface area (TPSA) is 81.2 Å². The highest BCUT2D eigenvalue weighted by Crippen LogP contribution is 2.71. The molecule has 0 aromatic heterocycles. The second-order valence-corrected chi connectivity index (χ2v) is 13.6. The van der Waals surface area contributed by atoms with Crippen LogP contribution >= 0.6 is 23.4 Å². The van der Waals surface area contributed by atoms with E-state index in [1.165, 1.54) is 0 Å². The molecule has 3 aliphatic heterocycles. The smallest absolute Gasteiger partial charge is 0.251 e. The van der Waals surface area contributed by atoms with Crippen molar-refractivity contribution < 1.29 is 19.5 Å². The van der Waals surface area contributed by atoms with Gasteiger partial charge in [-0.15, -0.1) is 24.9 Å². The lowest BCUT2D eigenvalue weighted by Crippen LogP contribution is -2.55. The molecule has 3 fully saturated rings. The number of aliphatic hydroxyl groups is 1. The van der Waals surface area contributed by atoms with Crippen molar-refractivity contribution in [2.45, 2.75) is 67.9 Å². The predicted octanol–water partition coefficient (Wildman–Crippen LogP) is 4.93. The van der Waals surface area contributed by atoms with Crippen LogP contribution in [0.5, 0.6) is 0 Å². The van der Waals surface area contributed by atoms with Crippen LogP contribution in [-0.4, -0.2) is 80.9 Å². The van der Waals surface area contributed by atoms with Gasteiger partial charge in [-0.05, 0) is 57.6 Å². The molecule has 1 N–H and O–H groups in total. The Kier molecular flexibility index (Phi) is 9.74. The molecule has 9 heteroatoms. The minimum absolute atomic E-state index is 0.0148. The fourth-order valence-electron chi connectivity index (χ4n) is 7.06. The van der Waals surface area contributed by atoms with Crippen LogP contribution < -0.4 is 4.90 Å². The van der Waals surface area contributed by atoms with Gasteiger partial charge in [-0.1, -0.05) is 42.8 Å². The second-order valence-electron chi connectivity index (χ2n) is 11.3. The van der Waals surface area contributed by atoms with Crippen LogP contribution in [0.2, 0.25) is 5.02 Å². The number of para-hydroxylation sites is 1. The molecule has 2 bridgehead atoms. The zero-order valence-corrected chi connectivity index (χ0v) is 25.3. The first-order valence-corrected chi connectivity index (χ1v) is 15.6. The summed E-state index contributed by atoms with van der Waals surface area (Å²) in [7, 11) is 0. The summed E-state index contributed by atoms with van der Waals surface area (Å²) in [6.07, 6.45) is 7.73. The number of rotatable bonds is 14. The third-order valence-electron chi connectivity index (χ3n) is 8.71. The highest BCUT2D eigenvalue weighted by atomic mass is 35.5. The number of amides is 3. The summed E-state index contributed by atoms with van der Waals surface area (Å²) >= 11 is 8.24. The van der Waals surface area contributed by atoms with Crippen molar-refractivity contribution in [2.24, 2.45) is 11.8 Å². The molecule has 5 atom stereocenters. The maximum Gasteiger partial charge on any atom is 0.251 e. The monoisotopic (exact) mass is 587 g/mol. The lowest BCUT2D eigenvalue weighted by molar-refractivity contribution is -0.145. The van der Waals surface area contributed by atoms with Gasteiger partial charge in [-0.25, -0.2) is 0 Å². The molecule has 3 amide bonds. The Bertz CT molecular complexity index is 1150. The Morgan fingerprint density at radius 3 is 2.52 bits per heavy atom. The number of thioether (sulfide) groups is 1. The van der Waals surface area contributed by atoms with E-state index in [-0.39, 0.29) is 30.9 Å². The first-order chi connectivity index (χ1) is 19.2. The van der Waals surface area contributed by atoms with E-state index < -0.39 is 27.4 Å². The molecule has 4 rings (SSSR count). The Hall–Kier alpha value is -2.29. The molecule has 3 saturated heterocycles. The van der Waals surface area contributed by atoms with E-state index in [0.717, 1.165) is 19.3 Å². The molecule has 1 aromatic rings. The van der Waals surface area contributed by atoms with Crippen molar-refractivity contribution in [3.8, 4) is 0 Å². The number of hydrogen-bond acceptors (Lipinski definition) is 5. The van der Waals surface area contributed by atoms with Gasteiger partial charge in [0.15, 0.2) is 0 Å². The van der Waals surface area contributed by atoms with Gasteiger partial charge < -0.3 is 19.8 Å². The van der Waals surface area contributed by atoms with Crippen LogP contribution in [0, 0.1) is 11.8 Å². The van der Waals surface area contributed by atoms with Crippen molar-refractivity contribution in [1.82, 2.24) is 9.80 Å². The number of fused-ring (bicyclic) bond motifs is 1. The maximum absolute atomic E-state index is 14.6. The Morgan fingerprint density at radius 2 is 1.88 bits per heavy atom. The van der Waals surface area contributed by atoms with E-state index in [4.69, 9.17) is 11.6 Å². The summed E-state index contributed by atoms with van der Waals surface area (Å²) in [5.41, 5.74) is 0.582. The normalized spacial score (nSPS) is 28.4. The number of unbranched alkanes of at least 4 members (excludes halogenated alkanes) is 2. The predicted molar refractivity (Wildman–Crippen MR) is 162 cm³/mol. The fraction of sp³-hybridized carbons (Fsp3) is 0.581. The van der Waals surface area contributed by atoms with E-state index >= 15 is 0 Å². The van der Waals surface area contributed by atoms with E-state index in [9.17, 15) is 19.5 Å². The van der Waals surface area contributed by atoms with Gasteiger partial charge in [0.2, 0.25) is 11.8 Å². The number of nitrogens with zero attached hydrogens (tertiary/aromatic N) is 3. The van der Waals surface area contributed by atoms with Gasteiger partial charge >= 0.3 is 0 Å². The summed E-state index contributed by atoms with van der Waals surface area (Å²) in [5, 5.41) is 9.75. The van der Waals surface area contributed by atoms with Crippen LogP contribution in [0.15, 0.2) is 49.6 Å². The Morgan fingerprint density at radius 1 is 1.15 bits per heavy atom. The molecule has 218 valence electrons. The van der Waals surface area contributed by atoms with Crippen LogP contribution in [0.25, 0.3) is 0 Å². The third kappa shape index (κ3) is 5.23. The largest absolute Gasteiger partial charge is 0.396 e. The molecule has 1 aromatic carbocycles. The molecule has 7 nitrogen and oxygen atoms in total. The van der Waals surface area contributed by atoms with E-state index in [0.29, 0.717) is 49.6 Å². The summed E-state index contributed by atoms with van der Waals surface area (Å²) in [4.78, 5) is 48.4. The number of benzene rings is 1. The average molecular weight is 588 g/mol. The molecule has 0 radical (unpaired) electrons. The molecule has 3 aliphatic rings. The SMILES string of the molecule is C=CCN(CCC)C(=O)[C@H]1[C@H]2C(=O)N(CCCCCO)C(C(=O)N(CC=C)c3ccccc3Cl)C23CC[C@]1(C)S3. The summed E-state index contributed by atoms with van der Waals surface area (Å²) in [5.74, 6) is -1.39. The summed E-state index contributed by atoms with van der Waals surface area (Å²) in [6.45, 7) is 13.6. The fourth-order valence-corrected chi connectivity index (χ4v) is 9.64. The Balaban J connectivity index is 1.78. The molecular weight excluding hydrogens is 546 g/mol. The lowest BCUT2D eigenvalue weighted by atomic mass is 9.66. The maximum atomic E-state index is 14.6. The van der Waals surface area contributed by atoms with Gasteiger partial charge in [-0.2, -0.15) is 0 Å². The molecule has 0 saturated carbocycles. The lowest BCUT2D eigenvalue weighted by Gasteiger charge is -2.38. The van der Waals surface area contributed by atoms with E-state index in [1.54, 1.807) is 39.8 Å². The number of halogens is 1. The molecule has 0 aliphatic carbocycles. The number of carbonyl (C=O) groups excluding carboxylic acids is 3.